The lowest BCUT2D eigenvalue weighted by atomic mass is 10.1. The minimum atomic E-state index is -0.998. The van der Waals surface area contributed by atoms with Crippen molar-refractivity contribution in [2.24, 2.45) is 5.73 Å². The molecule has 0 saturated carbocycles. The molecule has 1 rings (SSSR count). The van der Waals surface area contributed by atoms with Gasteiger partial charge in [0.2, 0.25) is 0 Å². The highest BCUT2D eigenvalue weighted by molar-refractivity contribution is 6.30. The molecule has 12 heavy (non-hydrogen) atoms. The molecule has 0 heterocycles. The van der Waals surface area contributed by atoms with Crippen molar-refractivity contribution in [2.45, 2.75) is 6.42 Å². The zero-order chi connectivity index (χ0) is 9.14. The molecule has 1 nitrogen and oxygen atoms in total. The summed E-state index contributed by atoms with van der Waals surface area (Å²) in [6.45, 7) is 0.290. The van der Waals surface area contributed by atoms with Gasteiger partial charge in [0, 0.05) is 0 Å². The molecule has 0 atom stereocenters. The monoisotopic (exact) mass is 191 g/mol. The lowest BCUT2D eigenvalue weighted by Gasteiger charge is -2.02. The van der Waals surface area contributed by atoms with Gasteiger partial charge in [0.25, 0.3) is 0 Å². The van der Waals surface area contributed by atoms with E-state index in [1.54, 1.807) is 0 Å². The molecule has 0 radical (unpaired) electrons. The second-order valence-corrected chi connectivity index (χ2v) is 2.78. The van der Waals surface area contributed by atoms with Gasteiger partial charge in [0.15, 0.2) is 11.6 Å². The van der Waals surface area contributed by atoms with E-state index < -0.39 is 11.6 Å². The molecule has 0 aliphatic carbocycles. The maximum atomic E-state index is 12.9. The van der Waals surface area contributed by atoms with Gasteiger partial charge >= 0.3 is 0 Å². The fourth-order valence-electron chi connectivity index (χ4n) is 0.914. The summed E-state index contributed by atoms with van der Waals surface area (Å²) in [5.74, 6) is -1.89. The maximum Gasteiger partial charge on any atom is 0.177 e. The van der Waals surface area contributed by atoms with E-state index in [2.05, 4.69) is 0 Å². The molecular formula is C8H8ClF2N. The van der Waals surface area contributed by atoms with Crippen LogP contribution >= 0.6 is 11.6 Å². The molecular weight excluding hydrogens is 184 g/mol. The Labute approximate surface area is 74.1 Å². The highest BCUT2D eigenvalue weighted by Gasteiger charge is 2.10. The van der Waals surface area contributed by atoms with Crippen LogP contribution < -0.4 is 5.73 Å². The smallest absolute Gasteiger partial charge is 0.177 e. The molecule has 0 saturated heterocycles. The molecule has 1 aromatic rings. The molecule has 2 N–H and O–H groups in total. The van der Waals surface area contributed by atoms with Gasteiger partial charge in [-0.3, -0.25) is 0 Å². The molecule has 0 unspecified atom stereocenters. The molecule has 0 spiro atoms. The van der Waals surface area contributed by atoms with E-state index >= 15 is 0 Å². The Morgan fingerprint density at radius 3 is 2.50 bits per heavy atom. The Bertz CT molecular complexity index is 289. The van der Waals surface area contributed by atoms with Gasteiger partial charge in [-0.25, -0.2) is 8.78 Å². The van der Waals surface area contributed by atoms with E-state index in [0.717, 1.165) is 0 Å². The van der Waals surface area contributed by atoms with Crippen LogP contribution in [0.4, 0.5) is 8.78 Å². The standard InChI is InChI=1S/C8H8ClF2N/c9-6-2-1-5(3-4-12)7(10)8(6)11/h1-2H,3-4,12H2. The molecule has 0 amide bonds. The quantitative estimate of drug-likeness (QED) is 0.712. The molecule has 1 aromatic carbocycles. The number of nitrogens with two attached hydrogens (primary N) is 1. The van der Waals surface area contributed by atoms with Crippen molar-refractivity contribution in [3.63, 3.8) is 0 Å². The fourth-order valence-corrected chi connectivity index (χ4v) is 1.06. The minimum Gasteiger partial charge on any atom is -0.330 e. The van der Waals surface area contributed by atoms with Crippen molar-refractivity contribution in [1.82, 2.24) is 0 Å². The summed E-state index contributed by atoms with van der Waals surface area (Å²) in [5, 5.41) is -0.201. The molecule has 0 aliphatic rings. The van der Waals surface area contributed by atoms with Crippen molar-refractivity contribution >= 4 is 11.6 Å². The third-order valence-corrected chi connectivity index (χ3v) is 1.82. The van der Waals surface area contributed by atoms with Crippen molar-refractivity contribution in [1.29, 1.82) is 0 Å². The van der Waals surface area contributed by atoms with Gasteiger partial charge in [0.1, 0.15) is 0 Å². The number of hydrogen-bond acceptors (Lipinski definition) is 1. The lowest BCUT2D eigenvalue weighted by Crippen LogP contribution is -2.05. The second-order valence-electron chi connectivity index (χ2n) is 2.37. The van der Waals surface area contributed by atoms with Crippen LogP contribution in [0.1, 0.15) is 5.56 Å². The van der Waals surface area contributed by atoms with Crippen LogP contribution in [0.3, 0.4) is 0 Å². The number of hydrogen-bond donors (Lipinski definition) is 1. The average Bonchev–Trinajstić information content (AvgIpc) is 2.07. The summed E-state index contributed by atoms with van der Waals surface area (Å²) in [4.78, 5) is 0. The average molecular weight is 192 g/mol. The Morgan fingerprint density at radius 2 is 1.92 bits per heavy atom. The fraction of sp³-hybridized carbons (Fsp3) is 0.250. The van der Waals surface area contributed by atoms with Crippen LogP contribution in [-0.4, -0.2) is 6.54 Å². The molecule has 4 heteroatoms. The van der Waals surface area contributed by atoms with Gasteiger partial charge in [-0.1, -0.05) is 17.7 Å². The predicted octanol–water partition coefficient (Wildman–Crippen LogP) is 2.12. The Morgan fingerprint density at radius 1 is 1.25 bits per heavy atom. The van der Waals surface area contributed by atoms with Crippen LogP contribution in [0.15, 0.2) is 12.1 Å². The lowest BCUT2D eigenvalue weighted by molar-refractivity contribution is 0.499. The summed E-state index contributed by atoms with van der Waals surface area (Å²) in [5.41, 5.74) is 5.46. The highest BCUT2D eigenvalue weighted by Crippen LogP contribution is 2.20. The Hall–Kier alpha value is -0.670. The highest BCUT2D eigenvalue weighted by atomic mass is 35.5. The number of rotatable bonds is 2. The molecule has 0 aliphatic heterocycles. The summed E-state index contributed by atoms with van der Waals surface area (Å²) in [7, 11) is 0. The van der Waals surface area contributed by atoms with Gasteiger partial charge in [-0.15, -0.1) is 0 Å². The van der Waals surface area contributed by atoms with Gasteiger partial charge in [0.05, 0.1) is 5.02 Å². The predicted molar refractivity (Wildman–Crippen MR) is 44.1 cm³/mol. The van der Waals surface area contributed by atoms with Gasteiger partial charge < -0.3 is 5.73 Å². The van der Waals surface area contributed by atoms with E-state index in [-0.39, 0.29) is 17.1 Å². The largest absolute Gasteiger partial charge is 0.330 e. The summed E-state index contributed by atoms with van der Waals surface area (Å²) < 4.78 is 25.7. The first kappa shape index (κ1) is 9.42. The molecule has 0 fully saturated rings. The molecule has 0 aromatic heterocycles. The van der Waals surface area contributed by atoms with Crippen LogP contribution in [0.2, 0.25) is 5.02 Å². The normalized spacial score (nSPS) is 10.3. The van der Waals surface area contributed by atoms with Crippen molar-refractivity contribution in [2.75, 3.05) is 6.54 Å². The van der Waals surface area contributed by atoms with E-state index in [1.165, 1.54) is 12.1 Å². The third-order valence-electron chi connectivity index (χ3n) is 1.53. The van der Waals surface area contributed by atoms with Crippen molar-refractivity contribution < 1.29 is 8.78 Å². The summed E-state index contributed by atoms with van der Waals surface area (Å²) >= 11 is 5.34. The van der Waals surface area contributed by atoms with E-state index in [1.807, 2.05) is 0 Å². The van der Waals surface area contributed by atoms with Crippen molar-refractivity contribution in [3.8, 4) is 0 Å². The Balaban J connectivity index is 3.08. The van der Waals surface area contributed by atoms with Crippen molar-refractivity contribution in [3.05, 3.63) is 34.4 Å². The van der Waals surface area contributed by atoms with E-state index in [9.17, 15) is 8.78 Å². The minimum absolute atomic E-state index is 0.201. The second kappa shape index (κ2) is 3.83. The first-order chi connectivity index (χ1) is 5.66. The van der Waals surface area contributed by atoms with Crippen LogP contribution in [0.25, 0.3) is 0 Å². The van der Waals surface area contributed by atoms with Gasteiger partial charge in [-0.2, -0.15) is 0 Å². The SMILES string of the molecule is NCCc1ccc(Cl)c(F)c1F. The number of halogens is 3. The zero-order valence-corrected chi connectivity index (χ0v) is 7.04. The summed E-state index contributed by atoms with van der Waals surface area (Å²) in [6, 6.07) is 2.76. The summed E-state index contributed by atoms with van der Waals surface area (Å²) in [6.07, 6.45) is 0.319. The third kappa shape index (κ3) is 1.73. The number of benzene rings is 1. The van der Waals surface area contributed by atoms with Gasteiger partial charge in [-0.05, 0) is 24.6 Å². The molecule has 0 bridgehead atoms. The topological polar surface area (TPSA) is 26.0 Å². The first-order valence-electron chi connectivity index (χ1n) is 3.49. The van der Waals surface area contributed by atoms with E-state index in [4.69, 9.17) is 17.3 Å². The zero-order valence-electron chi connectivity index (χ0n) is 6.28. The molecule has 66 valence electrons. The Kier molecular flexibility index (Phi) is 3.00. The van der Waals surface area contributed by atoms with E-state index in [0.29, 0.717) is 6.42 Å². The van der Waals surface area contributed by atoms with Crippen LogP contribution in [-0.2, 0) is 6.42 Å². The van der Waals surface area contributed by atoms with Crippen LogP contribution in [0, 0.1) is 11.6 Å². The first-order valence-corrected chi connectivity index (χ1v) is 3.87. The van der Waals surface area contributed by atoms with Crippen LogP contribution in [0.5, 0.6) is 0 Å². The maximum absolute atomic E-state index is 12.9.